The van der Waals surface area contributed by atoms with Crippen molar-refractivity contribution >= 4 is 5.78 Å². The van der Waals surface area contributed by atoms with Gasteiger partial charge in [0, 0.05) is 6.42 Å². The summed E-state index contributed by atoms with van der Waals surface area (Å²) in [4.78, 5) is 11.7. The van der Waals surface area contributed by atoms with Gasteiger partial charge in [0.25, 0.3) is 0 Å². The van der Waals surface area contributed by atoms with E-state index in [0.29, 0.717) is 30.4 Å². The molecule has 84 valence electrons. The van der Waals surface area contributed by atoms with E-state index >= 15 is 0 Å². The maximum Gasteiger partial charge on any atom is 0.198 e. The summed E-state index contributed by atoms with van der Waals surface area (Å²) in [5.74, 6) is 1.62. The monoisotopic (exact) mass is 209 g/mol. The van der Waals surface area contributed by atoms with Crippen molar-refractivity contribution in [1.29, 1.82) is 0 Å². The highest BCUT2D eigenvalue weighted by molar-refractivity contribution is 5.93. The second-order valence-electron chi connectivity index (χ2n) is 3.99. The summed E-state index contributed by atoms with van der Waals surface area (Å²) in [5.41, 5.74) is 5.41. The van der Waals surface area contributed by atoms with Crippen LogP contribution in [0.15, 0.2) is 16.5 Å². The standard InChI is InChI=1S/C12H19NO2/c1-3-4-9(2)7-11(14)12-6-5-10(8-13)15-12/h5-6,9H,3-4,7-8,13H2,1-2H3. The summed E-state index contributed by atoms with van der Waals surface area (Å²) in [5, 5.41) is 0. The summed E-state index contributed by atoms with van der Waals surface area (Å²) >= 11 is 0. The van der Waals surface area contributed by atoms with Gasteiger partial charge in [-0.15, -0.1) is 0 Å². The Bertz CT molecular complexity index is 317. The first-order valence-electron chi connectivity index (χ1n) is 5.49. The number of hydrogen-bond donors (Lipinski definition) is 1. The van der Waals surface area contributed by atoms with Crippen LogP contribution in [0.5, 0.6) is 0 Å². The number of rotatable bonds is 6. The van der Waals surface area contributed by atoms with Crippen LogP contribution >= 0.6 is 0 Å². The van der Waals surface area contributed by atoms with Gasteiger partial charge in [0.15, 0.2) is 11.5 Å². The van der Waals surface area contributed by atoms with Crippen LogP contribution in [0.4, 0.5) is 0 Å². The first kappa shape index (κ1) is 12.0. The Morgan fingerprint density at radius 1 is 1.53 bits per heavy atom. The molecule has 0 aromatic carbocycles. The Hall–Kier alpha value is -1.09. The lowest BCUT2D eigenvalue weighted by Crippen LogP contribution is -2.05. The van der Waals surface area contributed by atoms with E-state index in [4.69, 9.17) is 10.2 Å². The zero-order chi connectivity index (χ0) is 11.3. The highest BCUT2D eigenvalue weighted by Crippen LogP contribution is 2.16. The third-order valence-electron chi connectivity index (χ3n) is 2.45. The van der Waals surface area contributed by atoms with Crippen molar-refractivity contribution in [1.82, 2.24) is 0 Å². The average molecular weight is 209 g/mol. The number of hydrogen-bond acceptors (Lipinski definition) is 3. The van der Waals surface area contributed by atoms with Crippen LogP contribution in [0.3, 0.4) is 0 Å². The zero-order valence-electron chi connectivity index (χ0n) is 9.45. The highest BCUT2D eigenvalue weighted by Gasteiger charge is 2.14. The van der Waals surface area contributed by atoms with E-state index in [1.165, 1.54) is 0 Å². The third-order valence-corrected chi connectivity index (χ3v) is 2.45. The molecule has 0 spiro atoms. The Kier molecular flexibility index (Phi) is 4.56. The van der Waals surface area contributed by atoms with Crippen LogP contribution in [-0.2, 0) is 6.54 Å². The van der Waals surface area contributed by atoms with Crippen molar-refractivity contribution in [2.45, 2.75) is 39.7 Å². The molecule has 0 amide bonds. The number of furan rings is 1. The van der Waals surface area contributed by atoms with Gasteiger partial charge in [-0.25, -0.2) is 0 Å². The molecule has 1 aromatic rings. The van der Waals surface area contributed by atoms with E-state index in [2.05, 4.69) is 13.8 Å². The van der Waals surface area contributed by atoms with E-state index < -0.39 is 0 Å². The van der Waals surface area contributed by atoms with E-state index in [1.54, 1.807) is 12.1 Å². The molecule has 1 rings (SSSR count). The summed E-state index contributed by atoms with van der Waals surface area (Å²) in [6.07, 6.45) is 2.75. The van der Waals surface area contributed by atoms with Gasteiger partial charge < -0.3 is 10.2 Å². The molecular weight excluding hydrogens is 190 g/mol. The van der Waals surface area contributed by atoms with E-state index in [0.717, 1.165) is 12.8 Å². The molecular formula is C12H19NO2. The molecule has 15 heavy (non-hydrogen) atoms. The van der Waals surface area contributed by atoms with Crippen LogP contribution in [-0.4, -0.2) is 5.78 Å². The fourth-order valence-electron chi connectivity index (χ4n) is 1.65. The normalized spacial score (nSPS) is 12.7. The molecule has 3 nitrogen and oxygen atoms in total. The van der Waals surface area contributed by atoms with Gasteiger partial charge >= 0.3 is 0 Å². The lowest BCUT2D eigenvalue weighted by molar-refractivity contribution is 0.0933. The molecule has 0 bridgehead atoms. The van der Waals surface area contributed by atoms with Gasteiger partial charge in [0.1, 0.15) is 5.76 Å². The highest BCUT2D eigenvalue weighted by atomic mass is 16.3. The largest absolute Gasteiger partial charge is 0.457 e. The zero-order valence-corrected chi connectivity index (χ0v) is 9.45. The van der Waals surface area contributed by atoms with Crippen molar-refractivity contribution in [3.05, 3.63) is 23.7 Å². The molecule has 0 aliphatic carbocycles. The summed E-state index contributed by atoms with van der Waals surface area (Å²) in [7, 11) is 0. The minimum Gasteiger partial charge on any atom is -0.457 e. The number of Topliss-reactive ketones (excluding diaryl/α,β-unsaturated/α-hetero) is 1. The first-order chi connectivity index (χ1) is 7.17. The fraction of sp³-hybridized carbons (Fsp3) is 0.583. The molecule has 1 aromatic heterocycles. The van der Waals surface area contributed by atoms with Crippen molar-refractivity contribution in [3.63, 3.8) is 0 Å². The van der Waals surface area contributed by atoms with Gasteiger partial charge in [-0.2, -0.15) is 0 Å². The first-order valence-corrected chi connectivity index (χ1v) is 5.49. The lowest BCUT2D eigenvalue weighted by atomic mass is 9.99. The van der Waals surface area contributed by atoms with Gasteiger partial charge in [-0.3, -0.25) is 4.79 Å². The van der Waals surface area contributed by atoms with Crippen molar-refractivity contribution in [2.75, 3.05) is 0 Å². The molecule has 0 aliphatic heterocycles. The average Bonchev–Trinajstić information content (AvgIpc) is 2.66. The quantitative estimate of drug-likeness (QED) is 0.733. The second-order valence-corrected chi connectivity index (χ2v) is 3.99. The molecule has 1 heterocycles. The number of nitrogens with two attached hydrogens (primary N) is 1. The van der Waals surface area contributed by atoms with Crippen molar-refractivity contribution in [2.24, 2.45) is 11.7 Å². The van der Waals surface area contributed by atoms with Crippen molar-refractivity contribution in [3.8, 4) is 0 Å². The maximum absolute atomic E-state index is 11.7. The van der Waals surface area contributed by atoms with Crippen molar-refractivity contribution < 1.29 is 9.21 Å². The van der Waals surface area contributed by atoms with Gasteiger partial charge in [-0.1, -0.05) is 26.7 Å². The molecule has 0 aliphatic rings. The predicted molar refractivity (Wildman–Crippen MR) is 59.6 cm³/mol. The second kappa shape index (κ2) is 5.71. The summed E-state index contributed by atoms with van der Waals surface area (Å²) < 4.78 is 5.30. The van der Waals surface area contributed by atoms with Crippen LogP contribution < -0.4 is 5.73 Å². The lowest BCUT2D eigenvalue weighted by Gasteiger charge is -2.06. The summed E-state index contributed by atoms with van der Waals surface area (Å²) in [6, 6.07) is 3.47. The van der Waals surface area contributed by atoms with Gasteiger partial charge in [-0.05, 0) is 18.1 Å². The Labute approximate surface area is 90.6 Å². The molecule has 1 unspecified atom stereocenters. The molecule has 0 saturated heterocycles. The molecule has 0 fully saturated rings. The minimum atomic E-state index is 0.0793. The smallest absolute Gasteiger partial charge is 0.198 e. The van der Waals surface area contributed by atoms with Gasteiger partial charge in [0.05, 0.1) is 6.54 Å². The predicted octanol–water partition coefficient (Wildman–Crippen LogP) is 2.75. The van der Waals surface area contributed by atoms with E-state index in [9.17, 15) is 4.79 Å². The van der Waals surface area contributed by atoms with E-state index in [-0.39, 0.29) is 5.78 Å². The molecule has 0 radical (unpaired) electrons. The Morgan fingerprint density at radius 3 is 2.80 bits per heavy atom. The molecule has 0 saturated carbocycles. The van der Waals surface area contributed by atoms with Crippen LogP contribution in [0.2, 0.25) is 0 Å². The molecule has 3 heteroatoms. The third kappa shape index (κ3) is 3.51. The fourth-order valence-corrected chi connectivity index (χ4v) is 1.65. The number of carbonyl (C=O) groups excluding carboxylic acids is 1. The van der Waals surface area contributed by atoms with Crippen LogP contribution in [0.25, 0.3) is 0 Å². The van der Waals surface area contributed by atoms with Crippen LogP contribution in [0, 0.1) is 5.92 Å². The topological polar surface area (TPSA) is 56.2 Å². The molecule has 2 N–H and O–H groups in total. The van der Waals surface area contributed by atoms with Gasteiger partial charge in [0.2, 0.25) is 0 Å². The van der Waals surface area contributed by atoms with E-state index in [1.807, 2.05) is 0 Å². The minimum absolute atomic E-state index is 0.0793. The maximum atomic E-state index is 11.7. The Balaban J connectivity index is 2.53. The Morgan fingerprint density at radius 2 is 2.27 bits per heavy atom. The van der Waals surface area contributed by atoms with Crippen LogP contribution in [0.1, 0.15) is 49.4 Å². The molecule has 1 atom stereocenters. The SMILES string of the molecule is CCCC(C)CC(=O)c1ccc(CN)o1. The summed E-state index contributed by atoms with van der Waals surface area (Å²) in [6.45, 7) is 4.56. The number of carbonyl (C=O) groups is 1. The number of ketones is 1.